The number of hydrogen-bond donors (Lipinski definition) is 1. The van der Waals surface area contributed by atoms with E-state index < -0.39 is 0 Å². The van der Waals surface area contributed by atoms with Crippen LogP contribution in [0.1, 0.15) is 11.6 Å². The number of halogens is 2. The van der Waals surface area contributed by atoms with Gasteiger partial charge in [0, 0.05) is 23.2 Å². The van der Waals surface area contributed by atoms with Gasteiger partial charge in [0.15, 0.2) is 0 Å². The van der Waals surface area contributed by atoms with Crippen LogP contribution in [-0.4, -0.2) is 40.5 Å². The summed E-state index contributed by atoms with van der Waals surface area (Å²) in [6, 6.07) is 6.82. The number of carbonyl (C=O) groups is 1. The molecule has 130 valence electrons. The van der Waals surface area contributed by atoms with E-state index in [4.69, 9.17) is 33.7 Å². The van der Waals surface area contributed by atoms with Crippen LogP contribution in [0.15, 0.2) is 36.9 Å². The van der Waals surface area contributed by atoms with E-state index in [0.717, 1.165) is 11.1 Å². The number of anilines is 1. The monoisotopic (exact) mass is 378 g/mol. The zero-order chi connectivity index (χ0) is 18.0. The van der Waals surface area contributed by atoms with Crippen LogP contribution in [-0.2, 0) is 9.53 Å². The molecule has 2 heterocycles. The minimum absolute atomic E-state index is 0.0565. The van der Waals surface area contributed by atoms with Crippen molar-refractivity contribution >= 4 is 34.9 Å². The lowest BCUT2D eigenvalue weighted by molar-refractivity contribution is -0.134. The Bertz CT molecular complexity index is 808. The minimum atomic E-state index is -0.258. The van der Waals surface area contributed by atoms with Gasteiger partial charge in [0.1, 0.15) is 5.82 Å². The zero-order valence-electron chi connectivity index (χ0n) is 13.3. The molecule has 2 aromatic rings. The number of nitrogens with zero attached hydrogens (tertiary/aromatic N) is 3. The molecule has 1 aliphatic heterocycles. The molecule has 0 unspecified atom stereocenters. The van der Waals surface area contributed by atoms with Gasteiger partial charge < -0.3 is 15.4 Å². The third kappa shape index (κ3) is 3.92. The van der Waals surface area contributed by atoms with Gasteiger partial charge in [-0.3, -0.25) is 4.79 Å². The number of nitrogen functional groups attached to an aromatic ring is 1. The lowest BCUT2D eigenvalue weighted by Gasteiger charge is -2.35. The van der Waals surface area contributed by atoms with Crippen molar-refractivity contribution < 1.29 is 9.53 Å². The van der Waals surface area contributed by atoms with E-state index in [1.54, 1.807) is 23.1 Å². The molecule has 1 aromatic heterocycles. The van der Waals surface area contributed by atoms with E-state index in [-0.39, 0.29) is 23.1 Å². The Morgan fingerprint density at radius 2 is 2.12 bits per heavy atom. The first-order chi connectivity index (χ1) is 12.0. The quantitative estimate of drug-likeness (QED) is 0.655. The highest BCUT2D eigenvalue weighted by atomic mass is 35.5. The van der Waals surface area contributed by atoms with Crippen LogP contribution in [0.2, 0.25) is 10.3 Å². The topological polar surface area (TPSA) is 81.3 Å². The minimum Gasteiger partial charge on any atom is -0.384 e. The van der Waals surface area contributed by atoms with Crippen molar-refractivity contribution in [3.05, 3.63) is 52.8 Å². The number of rotatable bonds is 3. The molecule has 0 aliphatic carbocycles. The molecule has 8 heteroatoms. The van der Waals surface area contributed by atoms with Crippen molar-refractivity contribution in [2.75, 3.05) is 25.5 Å². The van der Waals surface area contributed by atoms with E-state index in [1.165, 1.54) is 6.08 Å². The third-order valence-corrected chi connectivity index (χ3v) is 4.29. The fraction of sp³-hybridized carbons (Fsp3) is 0.235. The zero-order valence-corrected chi connectivity index (χ0v) is 14.8. The molecule has 1 saturated heterocycles. The summed E-state index contributed by atoms with van der Waals surface area (Å²) in [5.41, 5.74) is 7.87. The predicted molar refractivity (Wildman–Crippen MR) is 97.4 cm³/mol. The normalized spacial score (nSPS) is 17.4. The van der Waals surface area contributed by atoms with E-state index in [2.05, 4.69) is 16.5 Å². The lowest BCUT2D eigenvalue weighted by Crippen LogP contribution is -2.42. The Labute approximate surface area is 155 Å². The molecule has 1 aliphatic rings. The summed E-state index contributed by atoms with van der Waals surface area (Å²) in [6.07, 6.45) is 1.30. The summed E-state index contributed by atoms with van der Waals surface area (Å²) in [5.74, 6) is 0.116. The van der Waals surface area contributed by atoms with Gasteiger partial charge in [-0.2, -0.15) is 0 Å². The number of carbonyl (C=O) groups excluding carboxylic acids is 1. The Kier molecular flexibility index (Phi) is 5.22. The van der Waals surface area contributed by atoms with E-state index in [1.807, 2.05) is 6.07 Å². The van der Waals surface area contributed by atoms with Crippen LogP contribution in [0.5, 0.6) is 0 Å². The number of aromatic nitrogens is 2. The van der Waals surface area contributed by atoms with E-state index in [0.29, 0.717) is 30.5 Å². The fourth-order valence-electron chi connectivity index (χ4n) is 2.80. The van der Waals surface area contributed by atoms with E-state index in [9.17, 15) is 4.79 Å². The lowest BCUT2D eigenvalue weighted by atomic mass is 10.0. The van der Waals surface area contributed by atoms with Crippen molar-refractivity contribution in [2.24, 2.45) is 0 Å². The molecule has 3 rings (SSSR count). The molecule has 1 fully saturated rings. The highest BCUT2D eigenvalue weighted by molar-refractivity contribution is 6.31. The number of benzene rings is 1. The second kappa shape index (κ2) is 7.39. The summed E-state index contributed by atoms with van der Waals surface area (Å²) in [7, 11) is 0. The molecule has 6 nitrogen and oxygen atoms in total. The number of nitrogens with two attached hydrogens (primary N) is 1. The van der Waals surface area contributed by atoms with Crippen LogP contribution in [0, 0.1) is 0 Å². The number of ether oxygens (including phenoxy) is 1. The summed E-state index contributed by atoms with van der Waals surface area (Å²) in [6.45, 7) is 4.92. The number of hydrogen-bond acceptors (Lipinski definition) is 5. The van der Waals surface area contributed by atoms with Gasteiger partial charge in [-0.15, -0.1) is 0 Å². The maximum atomic E-state index is 12.1. The van der Waals surface area contributed by atoms with E-state index >= 15 is 0 Å². The van der Waals surface area contributed by atoms with Crippen molar-refractivity contribution in [1.82, 2.24) is 14.9 Å². The van der Waals surface area contributed by atoms with Gasteiger partial charge in [-0.05, 0) is 41.4 Å². The molecule has 2 N–H and O–H groups in total. The first-order valence-electron chi connectivity index (χ1n) is 7.59. The maximum Gasteiger partial charge on any atom is 0.246 e. The van der Waals surface area contributed by atoms with Crippen LogP contribution < -0.4 is 5.73 Å². The smallest absolute Gasteiger partial charge is 0.246 e. The van der Waals surface area contributed by atoms with Crippen LogP contribution in [0.4, 0.5) is 5.82 Å². The molecule has 0 radical (unpaired) electrons. The molecule has 25 heavy (non-hydrogen) atoms. The van der Waals surface area contributed by atoms with Crippen molar-refractivity contribution in [1.29, 1.82) is 0 Å². The van der Waals surface area contributed by atoms with Gasteiger partial charge >= 0.3 is 0 Å². The molecular weight excluding hydrogens is 363 g/mol. The van der Waals surface area contributed by atoms with Gasteiger partial charge in [-0.25, -0.2) is 9.97 Å². The summed E-state index contributed by atoms with van der Waals surface area (Å²) < 4.78 is 5.55. The predicted octanol–water partition coefficient (Wildman–Crippen LogP) is 3.12. The first kappa shape index (κ1) is 17.7. The van der Waals surface area contributed by atoms with Gasteiger partial charge in [-0.1, -0.05) is 18.2 Å². The largest absolute Gasteiger partial charge is 0.384 e. The molecule has 0 bridgehead atoms. The van der Waals surface area contributed by atoms with Crippen LogP contribution >= 0.6 is 23.2 Å². The van der Waals surface area contributed by atoms with Crippen molar-refractivity contribution in [3.8, 4) is 11.3 Å². The maximum absolute atomic E-state index is 12.1. The average molecular weight is 379 g/mol. The highest BCUT2D eigenvalue weighted by Crippen LogP contribution is 2.31. The van der Waals surface area contributed by atoms with Gasteiger partial charge in [0.05, 0.1) is 24.9 Å². The standard InChI is InChI=1S/C17H16Cl2N4O2/c1-2-16(24)23-3-4-25-9-14(23)11-5-10(6-12(18)7-11)13-8-15(20)22-17(19)21-13/h2,5-8,14H,1,3-4,9H2,(H2,20,21,22)/t14-/m0/s1. The number of amides is 1. The molecule has 0 spiro atoms. The second-order valence-electron chi connectivity index (χ2n) is 5.55. The second-order valence-corrected chi connectivity index (χ2v) is 6.32. The average Bonchev–Trinajstić information content (AvgIpc) is 2.59. The summed E-state index contributed by atoms with van der Waals surface area (Å²) in [4.78, 5) is 21.9. The molecule has 1 atom stereocenters. The third-order valence-electron chi connectivity index (χ3n) is 3.91. The Morgan fingerprint density at radius 1 is 1.32 bits per heavy atom. The molecular formula is C17H16Cl2N4O2. The summed E-state index contributed by atoms with van der Waals surface area (Å²) in [5, 5.41) is 0.568. The SMILES string of the molecule is C=CC(=O)N1CCOC[C@H]1c1cc(Cl)cc(-c2cc(N)nc(Cl)n2)c1. The van der Waals surface area contributed by atoms with Gasteiger partial charge in [0.25, 0.3) is 0 Å². The Hall–Kier alpha value is -2.15. The number of morpholine rings is 1. The molecule has 1 amide bonds. The molecule has 1 aromatic carbocycles. The van der Waals surface area contributed by atoms with Crippen molar-refractivity contribution in [3.63, 3.8) is 0 Å². The first-order valence-corrected chi connectivity index (χ1v) is 8.35. The van der Waals surface area contributed by atoms with Gasteiger partial charge in [0.2, 0.25) is 11.2 Å². The van der Waals surface area contributed by atoms with Crippen LogP contribution in [0.3, 0.4) is 0 Å². The summed E-state index contributed by atoms with van der Waals surface area (Å²) >= 11 is 12.2. The molecule has 0 saturated carbocycles. The van der Waals surface area contributed by atoms with Crippen molar-refractivity contribution in [2.45, 2.75) is 6.04 Å². The Balaban J connectivity index is 2.03. The van der Waals surface area contributed by atoms with Crippen LogP contribution in [0.25, 0.3) is 11.3 Å². The fourth-order valence-corrected chi connectivity index (χ4v) is 3.23. The highest BCUT2D eigenvalue weighted by Gasteiger charge is 2.28. The Morgan fingerprint density at radius 3 is 2.84 bits per heavy atom.